The minimum absolute atomic E-state index is 0.0952. The highest BCUT2D eigenvalue weighted by atomic mass is 32.2. The van der Waals surface area contributed by atoms with Crippen molar-refractivity contribution in [2.24, 2.45) is 10.9 Å². The van der Waals surface area contributed by atoms with Crippen LogP contribution in [0.3, 0.4) is 0 Å². The molecule has 1 unspecified atom stereocenters. The molecule has 0 radical (unpaired) electrons. The first-order valence-corrected chi connectivity index (χ1v) is 12.6. The van der Waals surface area contributed by atoms with Crippen molar-refractivity contribution in [1.82, 2.24) is 9.80 Å². The smallest absolute Gasteiger partial charge is 0.321 e. The molecule has 0 saturated carbocycles. The van der Waals surface area contributed by atoms with Crippen molar-refractivity contribution < 1.29 is 17.6 Å². The molecule has 2 aromatic rings. The van der Waals surface area contributed by atoms with Gasteiger partial charge in [0.15, 0.2) is 9.84 Å². The number of sulfone groups is 1. The first kappa shape index (κ1) is 25.0. The van der Waals surface area contributed by atoms with Gasteiger partial charge in [-0.2, -0.15) is 5.26 Å². The van der Waals surface area contributed by atoms with Crippen molar-refractivity contribution >= 4 is 33.2 Å². The number of nitrogens with zero attached hydrogens (tertiary/aromatic N) is 4. The molecule has 0 spiro atoms. The van der Waals surface area contributed by atoms with Crippen LogP contribution >= 0.6 is 0 Å². The number of hydrogen-bond donors (Lipinski definition) is 2. The minimum atomic E-state index is -3.40. The number of benzene rings is 2. The van der Waals surface area contributed by atoms with E-state index in [1.807, 2.05) is 18.7 Å². The number of guanidine groups is 1. The van der Waals surface area contributed by atoms with Crippen LogP contribution < -0.4 is 10.6 Å². The van der Waals surface area contributed by atoms with E-state index < -0.39 is 15.7 Å². The van der Waals surface area contributed by atoms with Gasteiger partial charge in [-0.3, -0.25) is 0 Å². The van der Waals surface area contributed by atoms with Gasteiger partial charge in [-0.05, 0) is 42.3 Å². The summed E-state index contributed by atoms with van der Waals surface area (Å²) in [6, 6.07) is 11.4. The molecule has 2 N–H and O–H groups in total. The third-order valence-electron chi connectivity index (χ3n) is 5.50. The lowest BCUT2D eigenvalue weighted by molar-refractivity contribution is 0.120. The predicted molar refractivity (Wildman–Crippen MR) is 129 cm³/mol. The van der Waals surface area contributed by atoms with E-state index in [4.69, 9.17) is 0 Å². The number of hydrogen-bond acceptors (Lipinski definition) is 5. The minimum Gasteiger partial charge on any atom is -0.335 e. The fraction of sp³-hybridized carbons (Fsp3) is 0.348. The van der Waals surface area contributed by atoms with Crippen molar-refractivity contribution in [2.45, 2.75) is 24.8 Å². The Labute approximate surface area is 198 Å². The number of carbonyl (C=O) groups is 1. The lowest BCUT2D eigenvalue weighted by Gasteiger charge is -2.44. The molecule has 180 valence electrons. The molecule has 0 aromatic heterocycles. The molecular formula is C23H27FN6O3S. The van der Waals surface area contributed by atoms with Crippen LogP contribution in [0, 0.1) is 23.2 Å². The highest BCUT2D eigenvalue weighted by Crippen LogP contribution is 2.22. The maximum atomic E-state index is 13.5. The second-order valence-corrected chi connectivity index (χ2v) is 10.4. The van der Waals surface area contributed by atoms with Crippen LogP contribution in [0.15, 0.2) is 58.4 Å². The molecule has 11 heteroatoms. The number of anilines is 2. The second-order valence-electron chi connectivity index (χ2n) is 8.35. The summed E-state index contributed by atoms with van der Waals surface area (Å²) in [6.07, 6.45) is 2.92. The summed E-state index contributed by atoms with van der Waals surface area (Å²) < 4.78 is 37.3. The number of carbonyl (C=O) groups excluding carboxylic acids is 1. The average molecular weight is 487 g/mol. The standard InChI is InChI=1S/C23H27FN6O3S/c1-16(2)21-14-29(23(31)28-18-7-4-6-17(24)12-18)10-11-30(21)22(26-15-25)27-19-8-5-9-20(13-19)34(3,32)33/h4-9,12-13,16,21H,10-11,14H2,1-3H3,(H,26,27)(H,28,31). The van der Waals surface area contributed by atoms with E-state index in [-0.39, 0.29) is 28.8 Å². The Morgan fingerprint density at radius 1 is 1.15 bits per heavy atom. The van der Waals surface area contributed by atoms with Crippen molar-refractivity contribution in [3.05, 3.63) is 54.3 Å². The second kappa shape index (κ2) is 10.5. The zero-order chi connectivity index (χ0) is 24.9. The molecule has 2 amide bonds. The number of amides is 2. The van der Waals surface area contributed by atoms with Gasteiger partial charge in [0.1, 0.15) is 5.82 Å². The van der Waals surface area contributed by atoms with Crippen LogP contribution in [0.5, 0.6) is 0 Å². The largest absolute Gasteiger partial charge is 0.335 e. The van der Waals surface area contributed by atoms with E-state index >= 15 is 0 Å². The van der Waals surface area contributed by atoms with Crippen LogP contribution in [0.1, 0.15) is 13.8 Å². The van der Waals surface area contributed by atoms with E-state index in [2.05, 4.69) is 15.6 Å². The molecule has 1 saturated heterocycles. The van der Waals surface area contributed by atoms with E-state index in [0.29, 0.717) is 31.0 Å². The molecule has 1 fully saturated rings. The predicted octanol–water partition coefficient (Wildman–Crippen LogP) is 3.35. The zero-order valence-electron chi connectivity index (χ0n) is 19.2. The van der Waals surface area contributed by atoms with Crippen LogP contribution in [-0.2, 0) is 9.84 Å². The number of urea groups is 1. The van der Waals surface area contributed by atoms with E-state index in [1.54, 1.807) is 29.3 Å². The van der Waals surface area contributed by atoms with Gasteiger partial charge >= 0.3 is 6.03 Å². The summed E-state index contributed by atoms with van der Waals surface area (Å²) in [5, 5.41) is 15.1. The van der Waals surface area contributed by atoms with Gasteiger partial charge in [-0.25, -0.2) is 17.6 Å². The fourth-order valence-corrected chi connectivity index (χ4v) is 4.41. The van der Waals surface area contributed by atoms with Gasteiger partial charge in [-0.15, -0.1) is 4.99 Å². The van der Waals surface area contributed by atoms with E-state index in [9.17, 15) is 22.9 Å². The number of halogens is 1. The van der Waals surface area contributed by atoms with Gasteiger partial charge in [0.05, 0.1) is 10.9 Å². The molecule has 3 rings (SSSR count). The molecule has 1 aliphatic rings. The SMILES string of the molecule is CC(C)C1CN(C(=O)Nc2cccc(F)c2)CCN1/C(=N\C#N)Nc1cccc(S(C)(=O)=O)c1. The van der Waals surface area contributed by atoms with Crippen LogP contribution in [0.2, 0.25) is 0 Å². The first-order chi connectivity index (χ1) is 16.1. The Bertz CT molecular complexity index is 1230. The Hall–Kier alpha value is -3.65. The number of piperazine rings is 1. The van der Waals surface area contributed by atoms with Gasteiger partial charge < -0.3 is 20.4 Å². The van der Waals surface area contributed by atoms with Gasteiger partial charge in [0.2, 0.25) is 12.2 Å². The lowest BCUT2D eigenvalue weighted by Crippen LogP contribution is -2.60. The molecule has 1 atom stereocenters. The van der Waals surface area contributed by atoms with Crippen LogP contribution in [0.4, 0.5) is 20.6 Å². The van der Waals surface area contributed by atoms with Crippen molar-refractivity contribution in [3.8, 4) is 6.19 Å². The fourth-order valence-electron chi connectivity index (χ4n) is 3.74. The summed E-state index contributed by atoms with van der Waals surface area (Å²) in [7, 11) is -3.40. The third-order valence-corrected chi connectivity index (χ3v) is 6.61. The molecule has 0 bridgehead atoms. The van der Waals surface area contributed by atoms with E-state index in [1.165, 1.54) is 30.3 Å². The summed E-state index contributed by atoms with van der Waals surface area (Å²) in [5.74, 6) is -0.0686. The maximum absolute atomic E-state index is 13.5. The van der Waals surface area contributed by atoms with Crippen molar-refractivity contribution in [2.75, 3.05) is 36.5 Å². The Kier molecular flexibility index (Phi) is 7.73. The number of nitrogens with one attached hydrogen (secondary N) is 2. The number of nitriles is 1. The van der Waals surface area contributed by atoms with Gasteiger partial charge in [0.25, 0.3) is 0 Å². The monoisotopic (exact) mass is 486 g/mol. The highest BCUT2D eigenvalue weighted by molar-refractivity contribution is 7.90. The van der Waals surface area contributed by atoms with Crippen LogP contribution in [-0.4, -0.2) is 62.1 Å². The highest BCUT2D eigenvalue weighted by Gasteiger charge is 2.33. The quantitative estimate of drug-likeness (QED) is 0.389. The zero-order valence-corrected chi connectivity index (χ0v) is 20.0. The molecule has 2 aromatic carbocycles. The molecule has 0 aliphatic carbocycles. The normalized spacial score (nSPS) is 16.8. The van der Waals surface area contributed by atoms with Crippen molar-refractivity contribution in [1.29, 1.82) is 5.26 Å². The lowest BCUT2D eigenvalue weighted by atomic mass is 10.00. The van der Waals surface area contributed by atoms with E-state index in [0.717, 1.165) is 6.26 Å². The molecule has 1 aliphatic heterocycles. The van der Waals surface area contributed by atoms with Gasteiger partial charge in [-0.1, -0.05) is 26.0 Å². The first-order valence-electron chi connectivity index (χ1n) is 10.7. The summed E-state index contributed by atoms with van der Waals surface area (Å²) in [5.41, 5.74) is 0.846. The van der Waals surface area contributed by atoms with Crippen LogP contribution in [0.25, 0.3) is 0 Å². The summed E-state index contributed by atoms with van der Waals surface area (Å²) in [4.78, 5) is 20.4. The Morgan fingerprint density at radius 3 is 2.44 bits per heavy atom. The molecule has 34 heavy (non-hydrogen) atoms. The topological polar surface area (TPSA) is 118 Å². The molecule has 1 heterocycles. The number of rotatable bonds is 4. The Balaban J connectivity index is 1.78. The van der Waals surface area contributed by atoms with Gasteiger partial charge in [0, 0.05) is 37.3 Å². The van der Waals surface area contributed by atoms with Crippen molar-refractivity contribution in [3.63, 3.8) is 0 Å². The Morgan fingerprint density at radius 2 is 1.82 bits per heavy atom. The molecular weight excluding hydrogens is 459 g/mol. The third kappa shape index (κ3) is 6.23. The molecule has 9 nitrogen and oxygen atoms in total. The number of aliphatic imine (C=N–C) groups is 1. The average Bonchev–Trinajstić information content (AvgIpc) is 2.78. The maximum Gasteiger partial charge on any atom is 0.321 e. The summed E-state index contributed by atoms with van der Waals surface area (Å²) in [6.45, 7) is 5.09. The summed E-state index contributed by atoms with van der Waals surface area (Å²) >= 11 is 0.